The first-order valence-corrected chi connectivity index (χ1v) is 7.56. The molecule has 0 aliphatic heterocycles. The van der Waals surface area contributed by atoms with Crippen molar-refractivity contribution in [3.8, 4) is 6.07 Å². The van der Waals surface area contributed by atoms with E-state index in [1.54, 1.807) is 18.2 Å². The summed E-state index contributed by atoms with van der Waals surface area (Å²) in [4.78, 5) is 12.0. The molecule has 0 heterocycles. The van der Waals surface area contributed by atoms with Gasteiger partial charge in [-0.2, -0.15) is 5.26 Å². The van der Waals surface area contributed by atoms with E-state index in [1.807, 2.05) is 0 Å². The fourth-order valence-electron chi connectivity index (χ4n) is 2.74. The standard InChI is InChI=1S/C16H19ClN2O/c17-14-8-7-13(11-18)15(10-14)19-16(20)9-6-12-4-2-1-3-5-12/h7-8,10,12H,1-6,9H2,(H,19,20). The maximum Gasteiger partial charge on any atom is 0.224 e. The number of amides is 1. The zero-order valence-corrected chi connectivity index (χ0v) is 12.2. The first-order chi connectivity index (χ1) is 9.69. The van der Waals surface area contributed by atoms with Crippen molar-refractivity contribution in [3.05, 3.63) is 28.8 Å². The number of rotatable bonds is 4. The van der Waals surface area contributed by atoms with Crippen LogP contribution in [0.5, 0.6) is 0 Å². The Morgan fingerprint density at radius 3 is 2.80 bits per heavy atom. The molecule has 0 aromatic heterocycles. The summed E-state index contributed by atoms with van der Waals surface area (Å²) in [5.41, 5.74) is 0.953. The van der Waals surface area contributed by atoms with Gasteiger partial charge in [-0.15, -0.1) is 0 Å². The highest BCUT2D eigenvalue weighted by Crippen LogP contribution is 2.27. The van der Waals surface area contributed by atoms with Gasteiger partial charge < -0.3 is 5.32 Å². The van der Waals surface area contributed by atoms with Gasteiger partial charge >= 0.3 is 0 Å². The smallest absolute Gasteiger partial charge is 0.224 e. The van der Waals surface area contributed by atoms with Gasteiger partial charge in [-0.3, -0.25) is 4.79 Å². The number of carbonyl (C=O) groups excluding carboxylic acids is 1. The zero-order chi connectivity index (χ0) is 14.4. The first kappa shape index (κ1) is 14.9. The third-order valence-corrected chi connectivity index (χ3v) is 4.12. The number of hydrogen-bond donors (Lipinski definition) is 1. The quantitative estimate of drug-likeness (QED) is 0.887. The van der Waals surface area contributed by atoms with E-state index in [4.69, 9.17) is 16.9 Å². The van der Waals surface area contributed by atoms with Crippen molar-refractivity contribution in [2.24, 2.45) is 5.92 Å². The van der Waals surface area contributed by atoms with Gasteiger partial charge in [0.05, 0.1) is 11.3 Å². The maximum atomic E-state index is 12.0. The van der Waals surface area contributed by atoms with Crippen LogP contribution in [-0.2, 0) is 4.79 Å². The zero-order valence-electron chi connectivity index (χ0n) is 11.5. The van der Waals surface area contributed by atoms with Gasteiger partial charge in [-0.25, -0.2) is 0 Å². The van der Waals surface area contributed by atoms with Crippen LogP contribution in [0, 0.1) is 17.2 Å². The molecule has 0 unspecified atom stereocenters. The molecule has 3 nitrogen and oxygen atoms in total. The second-order valence-corrected chi connectivity index (χ2v) is 5.83. The molecule has 0 atom stereocenters. The van der Waals surface area contributed by atoms with Crippen molar-refractivity contribution in [3.63, 3.8) is 0 Å². The molecule has 1 fully saturated rings. The summed E-state index contributed by atoms with van der Waals surface area (Å²) in [7, 11) is 0. The van der Waals surface area contributed by atoms with Crippen molar-refractivity contribution in [1.82, 2.24) is 0 Å². The Kier molecular flexibility index (Phi) is 5.43. The normalized spacial score (nSPS) is 15.6. The Morgan fingerprint density at radius 2 is 2.10 bits per heavy atom. The van der Waals surface area contributed by atoms with Gasteiger partial charge in [0.2, 0.25) is 5.91 Å². The summed E-state index contributed by atoms with van der Waals surface area (Å²) < 4.78 is 0. The van der Waals surface area contributed by atoms with Crippen LogP contribution < -0.4 is 5.32 Å². The summed E-state index contributed by atoms with van der Waals surface area (Å²) in [6, 6.07) is 6.96. The second kappa shape index (κ2) is 7.31. The number of hydrogen-bond acceptors (Lipinski definition) is 2. The van der Waals surface area contributed by atoms with Crippen LogP contribution in [0.25, 0.3) is 0 Å². The topological polar surface area (TPSA) is 52.9 Å². The number of nitrogens with one attached hydrogen (secondary N) is 1. The van der Waals surface area contributed by atoms with Gasteiger partial charge in [-0.1, -0.05) is 43.7 Å². The summed E-state index contributed by atoms with van der Waals surface area (Å²) in [5.74, 6) is 0.652. The fraction of sp³-hybridized carbons (Fsp3) is 0.500. The molecule has 0 spiro atoms. The van der Waals surface area contributed by atoms with Crippen molar-refractivity contribution in [2.45, 2.75) is 44.9 Å². The molecular formula is C16H19ClN2O. The number of carbonyl (C=O) groups is 1. The van der Waals surface area contributed by atoms with Crippen molar-refractivity contribution < 1.29 is 4.79 Å². The molecule has 1 aliphatic carbocycles. The van der Waals surface area contributed by atoms with Crippen molar-refractivity contribution in [1.29, 1.82) is 5.26 Å². The van der Waals surface area contributed by atoms with Crippen LogP contribution in [0.1, 0.15) is 50.5 Å². The Morgan fingerprint density at radius 1 is 1.35 bits per heavy atom. The lowest BCUT2D eigenvalue weighted by Crippen LogP contribution is -2.15. The van der Waals surface area contributed by atoms with Crippen molar-refractivity contribution >= 4 is 23.2 Å². The molecule has 1 saturated carbocycles. The lowest BCUT2D eigenvalue weighted by molar-refractivity contribution is -0.116. The molecule has 1 aromatic carbocycles. The number of benzene rings is 1. The third-order valence-electron chi connectivity index (χ3n) is 3.88. The van der Waals surface area contributed by atoms with Crippen LogP contribution in [0.15, 0.2) is 18.2 Å². The van der Waals surface area contributed by atoms with E-state index in [2.05, 4.69) is 11.4 Å². The molecular weight excluding hydrogens is 272 g/mol. The largest absolute Gasteiger partial charge is 0.325 e. The van der Waals surface area contributed by atoms with Gasteiger partial charge in [0.15, 0.2) is 0 Å². The second-order valence-electron chi connectivity index (χ2n) is 5.39. The van der Waals surface area contributed by atoms with Crippen LogP contribution in [0.2, 0.25) is 5.02 Å². The molecule has 1 N–H and O–H groups in total. The summed E-state index contributed by atoms with van der Waals surface area (Å²) in [5, 5.41) is 12.3. The van der Waals surface area contributed by atoms with E-state index in [-0.39, 0.29) is 5.91 Å². The third kappa shape index (κ3) is 4.25. The number of nitrogens with zero attached hydrogens (tertiary/aromatic N) is 1. The summed E-state index contributed by atoms with van der Waals surface area (Å²) in [6.45, 7) is 0. The average molecular weight is 291 g/mol. The highest BCUT2D eigenvalue weighted by atomic mass is 35.5. The van der Waals surface area contributed by atoms with E-state index < -0.39 is 0 Å². The minimum Gasteiger partial charge on any atom is -0.325 e. The average Bonchev–Trinajstić information content (AvgIpc) is 2.46. The molecule has 0 saturated heterocycles. The number of halogens is 1. The summed E-state index contributed by atoms with van der Waals surface area (Å²) in [6.07, 6.45) is 7.85. The predicted octanol–water partition coefficient (Wildman–Crippen LogP) is 4.51. The molecule has 106 valence electrons. The highest BCUT2D eigenvalue weighted by Gasteiger charge is 2.15. The van der Waals surface area contributed by atoms with E-state index in [0.29, 0.717) is 28.6 Å². The molecule has 1 aliphatic rings. The van der Waals surface area contributed by atoms with Crippen LogP contribution >= 0.6 is 11.6 Å². The lowest BCUT2D eigenvalue weighted by Gasteiger charge is -2.21. The van der Waals surface area contributed by atoms with Gasteiger partial charge in [0.25, 0.3) is 0 Å². The molecule has 0 radical (unpaired) electrons. The van der Waals surface area contributed by atoms with Gasteiger partial charge in [-0.05, 0) is 30.5 Å². The minimum atomic E-state index is -0.0330. The monoisotopic (exact) mass is 290 g/mol. The molecule has 4 heteroatoms. The maximum absolute atomic E-state index is 12.0. The molecule has 20 heavy (non-hydrogen) atoms. The van der Waals surface area contributed by atoms with Gasteiger partial charge in [0.1, 0.15) is 6.07 Å². The highest BCUT2D eigenvalue weighted by molar-refractivity contribution is 6.31. The Balaban J connectivity index is 1.88. The Hall–Kier alpha value is -1.53. The first-order valence-electron chi connectivity index (χ1n) is 7.18. The Labute approximate surface area is 124 Å². The van der Waals surface area contributed by atoms with E-state index in [0.717, 1.165) is 6.42 Å². The van der Waals surface area contributed by atoms with E-state index in [9.17, 15) is 4.79 Å². The van der Waals surface area contributed by atoms with Crippen LogP contribution in [0.3, 0.4) is 0 Å². The summed E-state index contributed by atoms with van der Waals surface area (Å²) >= 11 is 5.90. The SMILES string of the molecule is N#Cc1ccc(Cl)cc1NC(=O)CCC1CCCCC1. The van der Waals surface area contributed by atoms with Crippen LogP contribution in [-0.4, -0.2) is 5.91 Å². The van der Waals surface area contributed by atoms with E-state index in [1.165, 1.54) is 32.1 Å². The molecule has 1 amide bonds. The van der Waals surface area contributed by atoms with Crippen LogP contribution in [0.4, 0.5) is 5.69 Å². The molecule has 0 bridgehead atoms. The minimum absolute atomic E-state index is 0.0330. The molecule has 2 rings (SSSR count). The fourth-order valence-corrected chi connectivity index (χ4v) is 2.91. The lowest BCUT2D eigenvalue weighted by atomic mass is 9.86. The molecule has 1 aromatic rings. The number of nitriles is 1. The van der Waals surface area contributed by atoms with E-state index >= 15 is 0 Å². The number of anilines is 1. The van der Waals surface area contributed by atoms with Crippen molar-refractivity contribution in [2.75, 3.05) is 5.32 Å². The predicted molar refractivity (Wildman–Crippen MR) is 80.6 cm³/mol. The Bertz CT molecular complexity index is 516. The van der Waals surface area contributed by atoms with Gasteiger partial charge in [0, 0.05) is 11.4 Å².